The summed E-state index contributed by atoms with van der Waals surface area (Å²) in [5.41, 5.74) is 0.839. The number of ether oxygens (including phenoxy) is 1. The summed E-state index contributed by atoms with van der Waals surface area (Å²) in [6.07, 6.45) is 3.61. The average molecular weight is 387 g/mol. The van der Waals surface area contributed by atoms with E-state index in [1.54, 1.807) is 11.0 Å². The first-order chi connectivity index (χ1) is 13.4. The fourth-order valence-corrected chi connectivity index (χ4v) is 4.30. The predicted octanol–water partition coefficient (Wildman–Crippen LogP) is 0.510. The van der Waals surface area contributed by atoms with E-state index in [0.29, 0.717) is 13.1 Å². The molecule has 28 heavy (non-hydrogen) atoms. The minimum absolute atomic E-state index is 0.0939. The summed E-state index contributed by atoms with van der Waals surface area (Å²) in [6, 6.07) is -0.122. The van der Waals surface area contributed by atoms with Gasteiger partial charge in [-0.1, -0.05) is 0 Å². The summed E-state index contributed by atoms with van der Waals surface area (Å²) in [4.78, 5) is 28.3. The smallest absolute Gasteiger partial charge is 0.239 e. The second-order valence-corrected chi connectivity index (χ2v) is 7.90. The summed E-state index contributed by atoms with van der Waals surface area (Å²) >= 11 is 0. The first-order valence-corrected chi connectivity index (χ1v) is 10.00. The number of nitrogens with zero attached hydrogens (tertiary/aromatic N) is 7. The molecule has 2 aromatic rings. The summed E-state index contributed by atoms with van der Waals surface area (Å²) in [5, 5.41) is 5.27. The molecule has 2 aliphatic heterocycles. The molecule has 9 nitrogen and oxygen atoms in total. The van der Waals surface area contributed by atoms with Gasteiger partial charge in [0.25, 0.3) is 0 Å². The van der Waals surface area contributed by atoms with Gasteiger partial charge in [-0.25, -0.2) is 9.97 Å². The van der Waals surface area contributed by atoms with E-state index in [9.17, 15) is 4.79 Å². The monoisotopic (exact) mass is 387 g/mol. The molecule has 0 aliphatic carbocycles. The van der Waals surface area contributed by atoms with E-state index >= 15 is 0 Å². The lowest BCUT2D eigenvalue weighted by Crippen LogP contribution is -2.57. The van der Waals surface area contributed by atoms with Gasteiger partial charge in [0.1, 0.15) is 12.1 Å². The molecule has 4 rings (SSSR count). The predicted molar refractivity (Wildman–Crippen MR) is 106 cm³/mol. The van der Waals surface area contributed by atoms with Crippen molar-refractivity contribution in [3.8, 4) is 0 Å². The van der Waals surface area contributed by atoms with Crippen LogP contribution in [0.4, 0.5) is 5.82 Å². The third-order valence-corrected chi connectivity index (χ3v) is 5.76. The molecule has 3 atom stereocenters. The molecule has 0 aromatic carbocycles. The van der Waals surface area contributed by atoms with Crippen LogP contribution in [0.15, 0.2) is 12.5 Å². The maximum absolute atomic E-state index is 13.0. The maximum atomic E-state index is 13.0. The first kappa shape index (κ1) is 19.1. The second kappa shape index (κ2) is 7.63. The number of fused-ring (bicyclic) bond motifs is 1. The fourth-order valence-electron chi connectivity index (χ4n) is 4.30. The van der Waals surface area contributed by atoms with Gasteiger partial charge in [0.15, 0.2) is 5.65 Å². The highest BCUT2D eigenvalue weighted by Gasteiger charge is 2.33. The van der Waals surface area contributed by atoms with Crippen molar-refractivity contribution in [1.29, 1.82) is 0 Å². The molecule has 0 bridgehead atoms. The number of hydrogen-bond acceptors (Lipinski definition) is 7. The lowest BCUT2D eigenvalue weighted by molar-refractivity contribution is -0.148. The van der Waals surface area contributed by atoms with Gasteiger partial charge >= 0.3 is 0 Å². The SMILES string of the molecule is CC1CN(C(=O)C(C)N2CCN(c3ncnc4c3cnn4C)CC2)CC(C)O1. The Bertz CT molecular complexity index is 836. The van der Waals surface area contributed by atoms with Crippen LogP contribution in [0.5, 0.6) is 0 Å². The molecule has 0 radical (unpaired) electrons. The number of anilines is 1. The number of amides is 1. The molecule has 0 N–H and O–H groups in total. The number of aryl methyl sites for hydroxylation is 1. The lowest BCUT2D eigenvalue weighted by Gasteiger charge is -2.41. The zero-order chi connectivity index (χ0) is 19.8. The van der Waals surface area contributed by atoms with Gasteiger partial charge < -0.3 is 14.5 Å². The lowest BCUT2D eigenvalue weighted by atomic mass is 10.1. The molecule has 0 saturated carbocycles. The highest BCUT2D eigenvalue weighted by Crippen LogP contribution is 2.24. The zero-order valence-corrected chi connectivity index (χ0v) is 17.1. The molecule has 1 amide bonds. The van der Waals surface area contributed by atoms with E-state index < -0.39 is 0 Å². The third kappa shape index (κ3) is 3.56. The zero-order valence-electron chi connectivity index (χ0n) is 17.1. The molecule has 9 heteroatoms. The van der Waals surface area contributed by atoms with E-state index in [1.807, 2.05) is 38.9 Å². The van der Waals surface area contributed by atoms with Crippen LogP contribution in [0.1, 0.15) is 20.8 Å². The van der Waals surface area contributed by atoms with Gasteiger partial charge in [-0.05, 0) is 20.8 Å². The molecular formula is C19H29N7O2. The van der Waals surface area contributed by atoms with Crippen LogP contribution < -0.4 is 4.90 Å². The Morgan fingerprint density at radius 2 is 1.82 bits per heavy atom. The standard InChI is InChI=1S/C19H29N7O2/c1-13-10-26(11-14(2)28-13)19(27)15(3)24-5-7-25(8-6-24)18-16-9-22-23(4)17(16)20-12-21-18/h9,12-15H,5-8,10-11H2,1-4H3. The van der Waals surface area contributed by atoms with Gasteiger partial charge in [0, 0.05) is 46.3 Å². The molecular weight excluding hydrogens is 358 g/mol. The highest BCUT2D eigenvalue weighted by atomic mass is 16.5. The Morgan fingerprint density at radius 1 is 1.14 bits per heavy atom. The molecule has 3 unspecified atom stereocenters. The average Bonchev–Trinajstić information content (AvgIpc) is 3.07. The van der Waals surface area contributed by atoms with Crippen LogP contribution in [-0.4, -0.2) is 93.0 Å². The fraction of sp³-hybridized carbons (Fsp3) is 0.684. The van der Waals surface area contributed by atoms with Gasteiger partial charge in [-0.3, -0.25) is 14.4 Å². The number of piperazine rings is 1. The number of morpholine rings is 1. The minimum atomic E-state index is -0.122. The molecule has 4 heterocycles. The van der Waals surface area contributed by atoms with Crippen LogP contribution in [0.2, 0.25) is 0 Å². The molecule has 2 aliphatic rings. The summed E-state index contributed by atoms with van der Waals surface area (Å²) in [5.74, 6) is 1.12. The van der Waals surface area contributed by atoms with Gasteiger partial charge in [-0.2, -0.15) is 5.10 Å². The quantitative estimate of drug-likeness (QED) is 0.759. The van der Waals surface area contributed by atoms with Crippen molar-refractivity contribution < 1.29 is 9.53 Å². The molecule has 152 valence electrons. The van der Waals surface area contributed by atoms with Crippen molar-refractivity contribution in [2.45, 2.75) is 39.0 Å². The van der Waals surface area contributed by atoms with Gasteiger partial charge in [-0.15, -0.1) is 0 Å². The Morgan fingerprint density at radius 3 is 2.50 bits per heavy atom. The van der Waals surface area contributed by atoms with E-state index in [1.165, 1.54) is 0 Å². The molecule has 2 fully saturated rings. The number of carbonyl (C=O) groups excluding carboxylic acids is 1. The van der Waals surface area contributed by atoms with Crippen LogP contribution in [0.25, 0.3) is 11.0 Å². The summed E-state index contributed by atoms with van der Waals surface area (Å²) in [6.45, 7) is 10.7. The van der Waals surface area contributed by atoms with Crippen LogP contribution >= 0.6 is 0 Å². The number of aromatic nitrogens is 4. The third-order valence-electron chi connectivity index (χ3n) is 5.76. The minimum Gasteiger partial charge on any atom is -0.372 e. The molecule has 0 spiro atoms. The molecule has 2 saturated heterocycles. The van der Waals surface area contributed by atoms with Crippen molar-refractivity contribution in [2.75, 3.05) is 44.2 Å². The number of hydrogen-bond donors (Lipinski definition) is 0. The van der Waals surface area contributed by atoms with E-state index in [2.05, 4.69) is 24.9 Å². The highest BCUT2D eigenvalue weighted by molar-refractivity contribution is 5.86. The largest absolute Gasteiger partial charge is 0.372 e. The molecule has 2 aromatic heterocycles. The Balaban J connectivity index is 1.40. The van der Waals surface area contributed by atoms with Crippen molar-refractivity contribution in [3.63, 3.8) is 0 Å². The Labute approximate surface area is 165 Å². The number of carbonyl (C=O) groups is 1. The van der Waals surface area contributed by atoms with Gasteiger partial charge in [0.05, 0.1) is 29.8 Å². The van der Waals surface area contributed by atoms with Crippen molar-refractivity contribution in [2.24, 2.45) is 7.05 Å². The topological polar surface area (TPSA) is 79.6 Å². The van der Waals surface area contributed by atoms with E-state index in [4.69, 9.17) is 4.74 Å². The van der Waals surface area contributed by atoms with Crippen LogP contribution in [0.3, 0.4) is 0 Å². The van der Waals surface area contributed by atoms with E-state index in [-0.39, 0.29) is 24.2 Å². The van der Waals surface area contributed by atoms with Crippen molar-refractivity contribution in [1.82, 2.24) is 29.5 Å². The van der Waals surface area contributed by atoms with Gasteiger partial charge in [0.2, 0.25) is 5.91 Å². The Kier molecular flexibility index (Phi) is 5.20. The normalized spacial score (nSPS) is 25.3. The number of rotatable bonds is 3. The van der Waals surface area contributed by atoms with Crippen molar-refractivity contribution >= 4 is 22.8 Å². The maximum Gasteiger partial charge on any atom is 0.239 e. The van der Waals surface area contributed by atoms with Crippen LogP contribution in [0, 0.1) is 0 Å². The summed E-state index contributed by atoms with van der Waals surface area (Å²) < 4.78 is 7.52. The van der Waals surface area contributed by atoms with E-state index in [0.717, 1.165) is 43.0 Å². The second-order valence-electron chi connectivity index (χ2n) is 7.90. The Hall–Kier alpha value is -2.26. The van der Waals surface area contributed by atoms with Crippen molar-refractivity contribution in [3.05, 3.63) is 12.5 Å². The summed E-state index contributed by atoms with van der Waals surface area (Å²) in [7, 11) is 1.89. The first-order valence-electron chi connectivity index (χ1n) is 10.00. The van der Waals surface area contributed by atoms with Crippen LogP contribution in [-0.2, 0) is 16.6 Å².